The Kier molecular flexibility index (Phi) is 37.2. The molecule has 0 bridgehead atoms. The Bertz CT molecular complexity index is 702. The van der Waals surface area contributed by atoms with Crippen LogP contribution in [-0.2, 0) is 14.3 Å². The summed E-state index contributed by atoms with van der Waals surface area (Å²) in [6.07, 6.45) is 37.3. The van der Waals surface area contributed by atoms with Crippen LogP contribution in [0.4, 0.5) is 0 Å². The van der Waals surface area contributed by atoms with E-state index in [1.165, 1.54) is 148 Å². The van der Waals surface area contributed by atoms with E-state index in [1.54, 1.807) is 0 Å². The molecule has 3 N–H and O–H groups in total. The van der Waals surface area contributed by atoms with Crippen LogP contribution < -0.4 is 5.32 Å². The number of esters is 1. The molecule has 0 fully saturated rings. The third-order valence-electron chi connectivity index (χ3n) is 10.2. The Morgan fingerprint density at radius 3 is 1.24 bits per heavy atom. The van der Waals surface area contributed by atoms with Crippen LogP contribution >= 0.6 is 0 Å². The molecule has 292 valence electrons. The van der Waals surface area contributed by atoms with Crippen LogP contribution in [0.2, 0.25) is 0 Å². The van der Waals surface area contributed by atoms with Crippen molar-refractivity contribution in [1.82, 2.24) is 5.32 Å². The quantitative estimate of drug-likeness (QED) is 0.0439. The predicted molar refractivity (Wildman–Crippen MR) is 209 cm³/mol. The fraction of sp³-hybridized carbons (Fsp3) is 0.953. The van der Waals surface area contributed by atoms with Gasteiger partial charge in [0, 0.05) is 6.42 Å². The van der Waals surface area contributed by atoms with Gasteiger partial charge in [-0.1, -0.05) is 201 Å². The maximum absolute atomic E-state index is 13.0. The van der Waals surface area contributed by atoms with E-state index in [2.05, 4.69) is 26.1 Å². The summed E-state index contributed by atoms with van der Waals surface area (Å²) in [5.41, 5.74) is 0. The summed E-state index contributed by atoms with van der Waals surface area (Å²) < 4.78 is 5.87. The van der Waals surface area contributed by atoms with E-state index >= 15 is 0 Å². The molecule has 6 heteroatoms. The summed E-state index contributed by atoms with van der Waals surface area (Å²) in [7, 11) is 0. The summed E-state index contributed by atoms with van der Waals surface area (Å²) in [6, 6.07) is -0.689. The Morgan fingerprint density at radius 1 is 0.510 bits per heavy atom. The molecular formula is C43H85NO5. The van der Waals surface area contributed by atoms with Gasteiger partial charge < -0.3 is 20.3 Å². The standard InChI is InChI=1S/C43H85NO5/c1-4-7-10-13-16-19-21-23-26-29-32-35-41(46)40(38-45)44-42(47)37-39(34-31-28-25-22-18-15-12-9-6-3)49-43(48)36-33-30-27-24-20-17-14-11-8-5-2/h39-41,45-46H,4-38H2,1-3H3,(H,44,47). The molecule has 0 aliphatic heterocycles. The number of nitrogens with one attached hydrogen (secondary N) is 1. The van der Waals surface area contributed by atoms with Crippen LogP contribution in [0.1, 0.15) is 239 Å². The lowest BCUT2D eigenvalue weighted by atomic mass is 10.0. The first-order valence-corrected chi connectivity index (χ1v) is 21.8. The van der Waals surface area contributed by atoms with Crippen molar-refractivity contribution >= 4 is 11.9 Å². The van der Waals surface area contributed by atoms with E-state index in [0.29, 0.717) is 19.3 Å². The number of rotatable bonds is 39. The van der Waals surface area contributed by atoms with Gasteiger partial charge in [-0.05, 0) is 25.7 Å². The summed E-state index contributed by atoms with van der Waals surface area (Å²) in [5.74, 6) is -0.465. The molecule has 0 saturated carbocycles. The highest BCUT2D eigenvalue weighted by Gasteiger charge is 2.24. The highest BCUT2D eigenvalue weighted by molar-refractivity contribution is 5.77. The van der Waals surface area contributed by atoms with Gasteiger partial charge in [0.2, 0.25) is 5.91 Å². The molecule has 0 spiro atoms. The summed E-state index contributed by atoms with van der Waals surface area (Å²) in [5, 5.41) is 23.5. The lowest BCUT2D eigenvalue weighted by molar-refractivity contribution is -0.151. The maximum atomic E-state index is 13.0. The third kappa shape index (κ3) is 33.7. The van der Waals surface area contributed by atoms with E-state index in [-0.39, 0.29) is 24.9 Å². The van der Waals surface area contributed by atoms with Crippen molar-refractivity contribution < 1.29 is 24.5 Å². The van der Waals surface area contributed by atoms with Crippen LogP contribution in [0.3, 0.4) is 0 Å². The minimum absolute atomic E-state index is 0.0858. The molecule has 3 atom stereocenters. The van der Waals surface area contributed by atoms with Gasteiger partial charge in [0.05, 0.1) is 25.2 Å². The van der Waals surface area contributed by atoms with Crippen LogP contribution in [0.5, 0.6) is 0 Å². The molecule has 0 heterocycles. The Hall–Kier alpha value is -1.14. The van der Waals surface area contributed by atoms with Gasteiger partial charge in [0.15, 0.2) is 0 Å². The van der Waals surface area contributed by atoms with E-state index in [4.69, 9.17) is 4.74 Å². The molecule has 49 heavy (non-hydrogen) atoms. The second kappa shape index (κ2) is 38.1. The summed E-state index contributed by atoms with van der Waals surface area (Å²) >= 11 is 0. The molecule has 0 rings (SSSR count). The van der Waals surface area contributed by atoms with Crippen molar-refractivity contribution in [1.29, 1.82) is 0 Å². The molecule has 0 radical (unpaired) electrons. The smallest absolute Gasteiger partial charge is 0.306 e. The second-order valence-corrected chi connectivity index (χ2v) is 15.1. The minimum atomic E-state index is -0.776. The van der Waals surface area contributed by atoms with Crippen molar-refractivity contribution in [2.45, 2.75) is 257 Å². The first-order valence-electron chi connectivity index (χ1n) is 21.8. The van der Waals surface area contributed by atoms with Gasteiger partial charge >= 0.3 is 5.97 Å². The zero-order valence-electron chi connectivity index (χ0n) is 33.1. The third-order valence-corrected chi connectivity index (χ3v) is 10.2. The normalized spacial score (nSPS) is 13.3. The number of carbonyl (C=O) groups is 2. The van der Waals surface area contributed by atoms with E-state index < -0.39 is 18.2 Å². The van der Waals surface area contributed by atoms with Crippen LogP contribution in [0.25, 0.3) is 0 Å². The fourth-order valence-electron chi connectivity index (χ4n) is 6.84. The van der Waals surface area contributed by atoms with Gasteiger partial charge in [-0.2, -0.15) is 0 Å². The van der Waals surface area contributed by atoms with Crippen molar-refractivity contribution in [3.05, 3.63) is 0 Å². The number of carbonyl (C=O) groups excluding carboxylic acids is 2. The summed E-state index contributed by atoms with van der Waals surface area (Å²) in [4.78, 5) is 25.8. The summed E-state index contributed by atoms with van der Waals surface area (Å²) in [6.45, 7) is 6.44. The number of aliphatic hydroxyl groups excluding tert-OH is 2. The molecular weight excluding hydrogens is 610 g/mol. The monoisotopic (exact) mass is 696 g/mol. The Balaban J connectivity index is 4.52. The first-order chi connectivity index (χ1) is 24.0. The molecule has 0 saturated heterocycles. The molecule has 1 amide bonds. The molecule has 0 aromatic rings. The number of amides is 1. The highest BCUT2D eigenvalue weighted by Crippen LogP contribution is 2.18. The van der Waals surface area contributed by atoms with Crippen molar-refractivity contribution in [2.24, 2.45) is 0 Å². The number of ether oxygens (including phenoxy) is 1. The van der Waals surface area contributed by atoms with Crippen molar-refractivity contribution in [3.63, 3.8) is 0 Å². The highest BCUT2D eigenvalue weighted by atomic mass is 16.5. The topological polar surface area (TPSA) is 95.9 Å². The number of unbranched alkanes of at least 4 members (excludes halogenated alkanes) is 27. The molecule has 0 aliphatic rings. The Morgan fingerprint density at radius 2 is 0.857 bits per heavy atom. The van der Waals surface area contributed by atoms with Crippen molar-refractivity contribution in [3.8, 4) is 0 Å². The molecule has 0 aromatic heterocycles. The van der Waals surface area contributed by atoms with E-state index in [1.807, 2.05) is 0 Å². The van der Waals surface area contributed by atoms with Crippen LogP contribution in [0.15, 0.2) is 0 Å². The van der Waals surface area contributed by atoms with Crippen LogP contribution in [-0.4, -0.2) is 46.9 Å². The zero-order valence-corrected chi connectivity index (χ0v) is 33.1. The molecule has 6 nitrogen and oxygen atoms in total. The van der Waals surface area contributed by atoms with Crippen LogP contribution in [0, 0.1) is 0 Å². The van der Waals surface area contributed by atoms with Gasteiger partial charge in [-0.3, -0.25) is 9.59 Å². The SMILES string of the molecule is CCCCCCCCCCCCCC(O)C(CO)NC(=O)CC(CCCCCCCCCCC)OC(=O)CCCCCCCCCCCC. The predicted octanol–water partition coefficient (Wildman–Crippen LogP) is 12.1. The minimum Gasteiger partial charge on any atom is -0.462 e. The van der Waals surface area contributed by atoms with Crippen molar-refractivity contribution in [2.75, 3.05) is 6.61 Å². The average Bonchev–Trinajstić information content (AvgIpc) is 3.09. The van der Waals surface area contributed by atoms with Gasteiger partial charge in [-0.25, -0.2) is 0 Å². The lowest BCUT2D eigenvalue weighted by Crippen LogP contribution is -2.46. The molecule has 3 unspecified atom stereocenters. The van der Waals surface area contributed by atoms with E-state index in [0.717, 1.165) is 44.9 Å². The second-order valence-electron chi connectivity index (χ2n) is 15.1. The molecule has 0 aliphatic carbocycles. The molecule has 0 aromatic carbocycles. The van der Waals surface area contributed by atoms with Gasteiger partial charge in [0.25, 0.3) is 0 Å². The number of hydrogen-bond donors (Lipinski definition) is 3. The Labute approximate surface area is 305 Å². The van der Waals surface area contributed by atoms with Gasteiger partial charge in [0.1, 0.15) is 6.10 Å². The van der Waals surface area contributed by atoms with E-state index in [9.17, 15) is 19.8 Å². The maximum Gasteiger partial charge on any atom is 0.306 e. The number of aliphatic hydroxyl groups is 2. The average molecular weight is 696 g/mol. The zero-order chi connectivity index (χ0) is 36.0. The van der Waals surface area contributed by atoms with Gasteiger partial charge in [-0.15, -0.1) is 0 Å². The number of hydrogen-bond acceptors (Lipinski definition) is 5. The fourth-order valence-corrected chi connectivity index (χ4v) is 6.84. The first kappa shape index (κ1) is 47.9. The largest absolute Gasteiger partial charge is 0.462 e. The lowest BCUT2D eigenvalue weighted by Gasteiger charge is -2.24.